The molecule has 0 saturated carbocycles. The van der Waals surface area contributed by atoms with Gasteiger partial charge in [0.15, 0.2) is 17.4 Å². The number of nitrogens with zero attached hydrogens (tertiary/aromatic N) is 2. The van der Waals surface area contributed by atoms with Crippen LogP contribution in [-0.4, -0.2) is 27.8 Å². The van der Waals surface area contributed by atoms with E-state index in [0.717, 1.165) is 11.3 Å². The molecule has 0 saturated heterocycles. The summed E-state index contributed by atoms with van der Waals surface area (Å²) in [7, 11) is 1.60. The number of aromatic nitrogens is 2. The Kier molecular flexibility index (Phi) is 6.10. The van der Waals surface area contributed by atoms with Gasteiger partial charge in [0.25, 0.3) is 0 Å². The third-order valence-electron chi connectivity index (χ3n) is 3.91. The Hall–Kier alpha value is -3.43. The Balaban J connectivity index is 1.82. The number of benzene rings is 2. The molecule has 2 aromatic carbocycles. The summed E-state index contributed by atoms with van der Waals surface area (Å²) in [5.74, 6) is 6.15. The highest BCUT2D eigenvalue weighted by Crippen LogP contribution is 2.31. The minimum absolute atomic E-state index is 0.0821. The molecule has 29 heavy (non-hydrogen) atoms. The third kappa shape index (κ3) is 5.53. The van der Waals surface area contributed by atoms with E-state index in [1.54, 1.807) is 33.1 Å². The Labute approximate surface area is 169 Å². The Bertz CT molecular complexity index is 1030. The molecule has 0 aliphatic rings. The molecule has 148 valence electrons. The standard InChI is InChI=1S/C23H21FN2O3/c1-23(2,27)12-11-17-13-25-22(26-14-17)19-5-4-6-20(24)21(19)29-15-16-7-9-18(28-3)10-8-16/h4-10,13-14,27H,15H2,1-3H3. The minimum Gasteiger partial charge on any atom is -0.497 e. The van der Waals surface area contributed by atoms with E-state index in [1.165, 1.54) is 18.5 Å². The quantitative estimate of drug-likeness (QED) is 0.665. The van der Waals surface area contributed by atoms with Crippen LogP contribution in [0.2, 0.25) is 0 Å². The molecule has 0 spiro atoms. The summed E-state index contributed by atoms with van der Waals surface area (Å²) in [6, 6.07) is 11.9. The highest BCUT2D eigenvalue weighted by Gasteiger charge is 2.14. The maximum absolute atomic E-state index is 14.4. The van der Waals surface area contributed by atoms with Crippen molar-refractivity contribution in [2.24, 2.45) is 0 Å². The SMILES string of the molecule is COc1ccc(COc2c(F)cccc2-c2ncc(C#CC(C)(C)O)cn2)cc1. The number of ether oxygens (including phenoxy) is 2. The molecule has 0 aliphatic carbocycles. The highest BCUT2D eigenvalue weighted by molar-refractivity contribution is 5.64. The van der Waals surface area contributed by atoms with Crippen LogP contribution >= 0.6 is 0 Å². The zero-order valence-electron chi connectivity index (χ0n) is 16.4. The van der Waals surface area contributed by atoms with Crippen molar-refractivity contribution in [1.82, 2.24) is 9.97 Å². The average molecular weight is 392 g/mol. The fourth-order valence-corrected chi connectivity index (χ4v) is 2.47. The monoisotopic (exact) mass is 392 g/mol. The van der Waals surface area contributed by atoms with Gasteiger partial charge in [-0.1, -0.05) is 30.0 Å². The van der Waals surface area contributed by atoms with E-state index in [-0.39, 0.29) is 12.4 Å². The van der Waals surface area contributed by atoms with Crippen molar-refractivity contribution in [3.63, 3.8) is 0 Å². The Morgan fingerprint density at radius 3 is 2.38 bits per heavy atom. The number of para-hydroxylation sites is 1. The van der Waals surface area contributed by atoms with Crippen LogP contribution in [-0.2, 0) is 6.61 Å². The van der Waals surface area contributed by atoms with Gasteiger partial charge in [-0.25, -0.2) is 14.4 Å². The lowest BCUT2D eigenvalue weighted by molar-refractivity contribution is 0.143. The van der Waals surface area contributed by atoms with Gasteiger partial charge in [0, 0.05) is 12.4 Å². The van der Waals surface area contributed by atoms with Crippen LogP contribution < -0.4 is 9.47 Å². The Morgan fingerprint density at radius 2 is 1.76 bits per heavy atom. The van der Waals surface area contributed by atoms with Gasteiger partial charge in [-0.3, -0.25) is 0 Å². The van der Waals surface area contributed by atoms with E-state index < -0.39 is 11.4 Å². The zero-order chi connectivity index (χ0) is 20.9. The van der Waals surface area contributed by atoms with Crippen molar-refractivity contribution < 1.29 is 19.0 Å². The average Bonchev–Trinajstić information content (AvgIpc) is 2.71. The normalized spacial score (nSPS) is 10.8. The van der Waals surface area contributed by atoms with Crippen LogP contribution in [0, 0.1) is 17.7 Å². The minimum atomic E-state index is -1.11. The van der Waals surface area contributed by atoms with E-state index in [4.69, 9.17) is 9.47 Å². The highest BCUT2D eigenvalue weighted by atomic mass is 19.1. The van der Waals surface area contributed by atoms with Crippen molar-refractivity contribution in [2.75, 3.05) is 7.11 Å². The molecule has 0 atom stereocenters. The number of halogens is 1. The first-order chi connectivity index (χ1) is 13.9. The number of rotatable bonds is 5. The number of aliphatic hydroxyl groups is 1. The third-order valence-corrected chi connectivity index (χ3v) is 3.91. The van der Waals surface area contributed by atoms with Crippen LogP contribution in [0.1, 0.15) is 25.0 Å². The molecule has 3 aromatic rings. The first-order valence-corrected chi connectivity index (χ1v) is 8.98. The fourth-order valence-electron chi connectivity index (χ4n) is 2.47. The molecule has 0 amide bonds. The molecule has 6 heteroatoms. The zero-order valence-corrected chi connectivity index (χ0v) is 16.4. The van der Waals surface area contributed by atoms with Crippen molar-refractivity contribution in [2.45, 2.75) is 26.1 Å². The van der Waals surface area contributed by atoms with Gasteiger partial charge < -0.3 is 14.6 Å². The largest absolute Gasteiger partial charge is 0.497 e. The predicted molar refractivity (Wildman–Crippen MR) is 108 cm³/mol. The van der Waals surface area contributed by atoms with Gasteiger partial charge in [-0.2, -0.15) is 0 Å². The lowest BCUT2D eigenvalue weighted by Gasteiger charge is -2.12. The number of hydrogen-bond acceptors (Lipinski definition) is 5. The molecule has 0 unspecified atom stereocenters. The maximum Gasteiger partial charge on any atom is 0.166 e. The van der Waals surface area contributed by atoms with E-state index in [0.29, 0.717) is 17.0 Å². The van der Waals surface area contributed by atoms with Gasteiger partial charge in [0.05, 0.1) is 18.2 Å². The molecule has 1 heterocycles. The van der Waals surface area contributed by atoms with Crippen molar-refractivity contribution in [1.29, 1.82) is 0 Å². The second kappa shape index (κ2) is 8.72. The summed E-state index contributed by atoms with van der Waals surface area (Å²) in [5, 5.41) is 9.68. The first-order valence-electron chi connectivity index (χ1n) is 8.98. The molecule has 3 rings (SSSR count). The second-order valence-corrected chi connectivity index (χ2v) is 6.86. The molecule has 0 bridgehead atoms. The van der Waals surface area contributed by atoms with Gasteiger partial charge in [-0.05, 0) is 43.7 Å². The molecule has 0 fully saturated rings. The van der Waals surface area contributed by atoms with Gasteiger partial charge in [0.2, 0.25) is 0 Å². The lowest BCUT2D eigenvalue weighted by Crippen LogP contribution is -2.14. The van der Waals surface area contributed by atoms with E-state index in [9.17, 15) is 9.50 Å². The van der Waals surface area contributed by atoms with E-state index in [1.807, 2.05) is 24.3 Å². The van der Waals surface area contributed by atoms with Crippen molar-refractivity contribution >= 4 is 0 Å². The van der Waals surface area contributed by atoms with Gasteiger partial charge >= 0.3 is 0 Å². The lowest BCUT2D eigenvalue weighted by atomic mass is 10.1. The van der Waals surface area contributed by atoms with Gasteiger partial charge in [0.1, 0.15) is 18.0 Å². The molecule has 0 aliphatic heterocycles. The molecule has 0 radical (unpaired) electrons. The van der Waals surface area contributed by atoms with Crippen LogP contribution in [0.25, 0.3) is 11.4 Å². The molecule has 1 aromatic heterocycles. The molecular weight excluding hydrogens is 371 g/mol. The number of hydrogen-bond donors (Lipinski definition) is 1. The van der Waals surface area contributed by atoms with E-state index in [2.05, 4.69) is 21.8 Å². The molecule has 1 N–H and O–H groups in total. The van der Waals surface area contributed by atoms with E-state index >= 15 is 0 Å². The smallest absolute Gasteiger partial charge is 0.166 e. The van der Waals surface area contributed by atoms with Crippen LogP contribution in [0.3, 0.4) is 0 Å². The summed E-state index contributed by atoms with van der Waals surface area (Å²) in [6.07, 6.45) is 3.05. The number of methoxy groups -OCH3 is 1. The second-order valence-electron chi connectivity index (χ2n) is 6.86. The predicted octanol–water partition coefficient (Wildman–Crippen LogP) is 3.99. The molecular formula is C23H21FN2O3. The van der Waals surface area contributed by atoms with Crippen molar-refractivity contribution in [3.05, 3.63) is 71.8 Å². The van der Waals surface area contributed by atoms with Crippen LogP contribution in [0.5, 0.6) is 11.5 Å². The van der Waals surface area contributed by atoms with Gasteiger partial charge in [-0.15, -0.1) is 0 Å². The summed E-state index contributed by atoms with van der Waals surface area (Å²) < 4.78 is 25.3. The maximum atomic E-state index is 14.4. The van der Waals surface area contributed by atoms with Crippen LogP contribution in [0.15, 0.2) is 54.9 Å². The molecule has 5 nitrogen and oxygen atoms in total. The first kappa shape index (κ1) is 20.3. The summed E-state index contributed by atoms with van der Waals surface area (Å²) in [4.78, 5) is 8.54. The van der Waals surface area contributed by atoms with Crippen LogP contribution in [0.4, 0.5) is 4.39 Å². The Morgan fingerprint density at radius 1 is 1.07 bits per heavy atom. The topological polar surface area (TPSA) is 64.5 Å². The van der Waals surface area contributed by atoms with Crippen molar-refractivity contribution in [3.8, 4) is 34.7 Å². The fraction of sp³-hybridized carbons (Fsp3) is 0.217. The summed E-state index contributed by atoms with van der Waals surface area (Å²) in [6.45, 7) is 3.37. The summed E-state index contributed by atoms with van der Waals surface area (Å²) >= 11 is 0. The summed E-state index contributed by atoms with van der Waals surface area (Å²) in [5.41, 5.74) is 0.760.